The summed E-state index contributed by atoms with van der Waals surface area (Å²) in [6, 6.07) is 12.3. The molecule has 1 aromatic heterocycles. The quantitative estimate of drug-likeness (QED) is 0.609. The number of hydrogen-bond acceptors (Lipinski definition) is 7. The van der Waals surface area contributed by atoms with Crippen molar-refractivity contribution in [2.75, 3.05) is 14.1 Å². The zero-order valence-electron chi connectivity index (χ0n) is 16.7. The van der Waals surface area contributed by atoms with Crippen molar-refractivity contribution in [1.29, 1.82) is 0 Å². The van der Waals surface area contributed by atoms with Crippen LogP contribution < -0.4 is 14.9 Å². The monoisotopic (exact) mass is 386 g/mol. The van der Waals surface area contributed by atoms with Crippen molar-refractivity contribution in [2.24, 2.45) is 0 Å². The van der Waals surface area contributed by atoms with E-state index in [2.05, 4.69) is 17.1 Å². The van der Waals surface area contributed by atoms with Gasteiger partial charge in [-0.15, -0.1) is 0 Å². The Morgan fingerprint density at radius 3 is 2.14 bits per heavy atom. The minimum atomic E-state index is -1.37. The first-order chi connectivity index (χ1) is 13.2. The Bertz CT molecular complexity index is 763. The van der Waals surface area contributed by atoms with Gasteiger partial charge in [0.1, 0.15) is 12.0 Å². The first kappa shape index (κ1) is 23.1. The van der Waals surface area contributed by atoms with Gasteiger partial charge in [0.2, 0.25) is 0 Å². The summed E-state index contributed by atoms with van der Waals surface area (Å²) in [5.41, 5.74) is 3.50. The van der Waals surface area contributed by atoms with Gasteiger partial charge < -0.3 is 24.5 Å². The highest BCUT2D eigenvalue weighted by atomic mass is 16.5. The van der Waals surface area contributed by atoms with Gasteiger partial charge in [-0.2, -0.15) is 0 Å². The van der Waals surface area contributed by atoms with Crippen LogP contribution in [0, 0.1) is 6.92 Å². The number of pyridine rings is 1. The summed E-state index contributed by atoms with van der Waals surface area (Å²) in [6.07, 6.45) is 1.78. The summed E-state index contributed by atoms with van der Waals surface area (Å²) in [5.74, 6) is -1.79. The minimum Gasteiger partial charge on any atom is -0.550 e. The molecular weight excluding hydrogens is 360 g/mol. The second-order valence-electron chi connectivity index (χ2n) is 6.46. The molecule has 0 fully saturated rings. The third-order valence-corrected chi connectivity index (χ3v) is 4.03. The van der Waals surface area contributed by atoms with Crippen LogP contribution >= 0.6 is 0 Å². The van der Waals surface area contributed by atoms with Crippen molar-refractivity contribution >= 4 is 11.9 Å². The molecule has 0 aliphatic rings. The number of carbonyl (C=O) groups is 2. The molecule has 28 heavy (non-hydrogen) atoms. The molecule has 0 saturated heterocycles. The molecule has 0 N–H and O–H groups in total. The third-order valence-electron chi connectivity index (χ3n) is 4.03. The molecule has 0 amide bonds. The van der Waals surface area contributed by atoms with E-state index in [0.717, 1.165) is 17.9 Å². The van der Waals surface area contributed by atoms with Crippen LogP contribution in [0.15, 0.2) is 42.6 Å². The fourth-order valence-electron chi connectivity index (χ4n) is 2.17. The molecule has 0 aliphatic heterocycles. The standard InChI is InChI=1S/C17H22N2O.C4H6O4/c1-13-15(9-7-11-18-13)12-16-8-5-6-10-17(16)20-14(2)19(3)4;5-3(6)1-2-4(7)8/h5-11,14H,12H2,1-4H3;1-2H2,(H,5,6)(H,7,8)/p-2. The van der Waals surface area contributed by atoms with E-state index in [-0.39, 0.29) is 6.23 Å². The number of benzene rings is 1. The molecule has 1 unspecified atom stereocenters. The van der Waals surface area contributed by atoms with Crippen LogP contribution in [0.1, 0.15) is 36.6 Å². The molecule has 2 rings (SSSR count). The summed E-state index contributed by atoms with van der Waals surface area (Å²) < 4.78 is 6.02. The molecule has 0 saturated carbocycles. The predicted molar refractivity (Wildman–Crippen MR) is 101 cm³/mol. The SMILES string of the molecule is Cc1ncccc1Cc1ccccc1OC(C)N(C)C.O=C([O-])CCC(=O)[O-]. The summed E-state index contributed by atoms with van der Waals surface area (Å²) in [5, 5.41) is 19.0. The summed E-state index contributed by atoms with van der Waals surface area (Å²) in [7, 11) is 4.02. The Morgan fingerprint density at radius 2 is 1.61 bits per heavy atom. The molecule has 0 aliphatic carbocycles. The van der Waals surface area contributed by atoms with Gasteiger partial charge in [0.05, 0.1) is 0 Å². The average molecular weight is 386 g/mol. The van der Waals surface area contributed by atoms with E-state index in [4.69, 9.17) is 4.74 Å². The zero-order valence-corrected chi connectivity index (χ0v) is 16.7. The van der Waals surface area contributed by atoms with Crippen LogP contribution in [0.3, 0.4) is 0 Å². The van der Waals surface area contributed by atoms with Gasteiger partial charge in [0.25, 0.3) is 0 Å². The van der Waals surface area contributed by atoms with Crippen molar-refractivity contribution < 1.29 is 24.5 Å². The Hall–Kier alpha value is -2.93. The Morgan fingerprint density at radius 1 is 1.04 bits per heavy atom. The summed E-state index contributed by atoms with van der Waals surface area (Å²) in [6.45, 7) is 4.09. The van der Waals surface area contributed by atoms with Gasteiger partial charge in [-0.3, -0.25) is 9.88 Å². The maximum absolute atomic E-state index is 9.50. The lowest BCUT2D eigenvalue weighted by Gasteiger charge is -2.23. The number of aliphatic carboxylic acids is 2. The number of carbonyl (C=O) groups excluding carboxylic acids is 2. The number of nitrogens with zero attached hydrogens (tertiary/aromatic N) is 2. The third kappa shape index (κ3) is 8.64. The maximum atomic E-state index is 9.50. The molecule has 7 nitrogen and oxygen atoms in total. The van der Waals surface area contributed by atoms with Crippen LogP contribution in [0.4, 0.5) is 0 Å². The van der Waals surface area contributed by atoms with Gasteiger partial charge in [-0.1, -0.05) is 24.3 Å². The highest BCUT2D eigenvalue weighted by Gasteiger charge is 2.11. The van der Waals surface area contributed by atoms with Crippen LogP contribution in [-0.4, -0.2) is 42.1 Å². The maximum Gasteiger partial charge on any atom is 0.149 e. The van der Waals surface area contributed by atoms with E-state index in [1.807, 2.05) is 63.3 Å². The van der Waals surface area contributed by atoms with E-state index in [9.17, 15) is 19.8 Å². The molecule has 1 heterocycles. The zero-order chi connectivity index (χ0) is 21.1. The summed E-state index contributed by atoms with van der Waals surface area (Å²) in [4.78, 5) is 25.4. The molecular formula is C21H26N2O5-2. The largest absolute Gasteiger partial charge is 0.550 e. The van der Waals surface area contributed by atoms with Crippen molar-refractivity contribution in [3.63, 3.8) is 0 Å². The predicted octanol–water partition coefficient (Wildman–Crippen LogP) is 0.534. The van der Waals surface area contributed by atoms with E-state index in [1.54, 1.807) is 0 Å². The lowest BCUT2D eigenvalue weighted by molar-refractivity contribution is -0.315. The van der Waals surface area contributed by atoms with Crippen molar-refractivity contribution in [2.45, 2.75) is 39.3 Å². The average Bonchev–Trinajstić information content (AvgIpc) is 2.64. The van der Waals surface area contributed by atoms with Gasteiger partial charge >= 0.3 is 0 Å². The second kappa shape index (κ2) is 11.7. The van der Waals surface area contributed by atoms with E-state index in [0.29, 0.717) is 0 Å². The fraction of sp³-hybridized carbons (Fsp3) is 0.381. The summed E-state index contributed by atoms with van der Waals surface area (Å²) >= 11 is 0. The number of aromatic nitrogens is 1. The van der Waals surface area contributed by atoms with E-state index >= 15 is 0 Å². The number of carboxylic acids is 2. The highest BCUT2D eigenvalue weighted by molar-refractivity contribution is 5.72. The number of hydrogen-bond donors (Lipinski definition) is 0. The molecule has 2 aromatic rings. The van der Waals surface area contributed by atoms with Crippen LogP contribution in [-0.2, 0) is 16.0 Å². The van der Waals surface area contributed by atoms with Crippen molar-refractivity contribution in [3.05, 3.63) is 59.4 Å². The first-order valence-electron chi connectivity index (χ1n) is 8.92. The van der Waals surface area contributed by atoms with E-state index < -0.39 is 24.8 Å². The highest BCUT2D eigenvalue weighted by Crippen LogP contribution is 2.23. The molecule has 152 valence electrons. The molecule has 0 radical (unpaired) electrons. The Labute approximate surface area is 165 Å². The van der Waals surface area contributed by atoms with Gasteiger partial charge in [-0.25, -0.2) is 0 Å². The van der Waals surface area contributed by atoms with Crippen LogP contribution in [0.2, 0.25) is 0 Å². The topological polar surface area (TPSA) is 106 Å². The minimum absolute atomic E-state index is 0.0474. The van der Waals surface area contributed by atoms with Crippen molar-refractivity contribution in [3.8, 4) is 5.75 Å². The fourth-order valence-corrected chi connectivity index (χ4v) is 2.17. The first-order valence-corrected chi connectivity index (χ1v) is 8.92. The number of para-hydroxylation sites is 1. The number of ether oxygens (including phenoxy) is 1. The normalized spacial score (nSPS) is 11.3. The molecule has 0 bridgehead atoms. The molecule has 1 atom stereocenters. The van der Waals surface area contributed by atoms with Crippen LogP contribution in [0.5, 0.6) is 5.75 Å². The molecule has 1 aromatic carbocycles. The van der Waals surface area contributed by atoms with Crippen LogP contribution in [0.25, 0.3) is 0 Å². The number of aryl methyl sites for hydroxylation is 1. The number of carboxylic acid groups (broad SMARTS) is 2. The molecule has 0 spiro atoms. The molecule has 7 heteroatoms. The van der Waals surface area contributed by atoms with Gasteiger partial charge in [-0.05, 0) is 64.0 Å². The Balaban J connectivity index is 0.000000416. The van der Waals surface area contributed by atoms with Gasteiger partial charge in [0.15, 0.2) is 0 Å². The Kier molecular flexibility index (Phi) is 9.67. The lowest BCUT2D eigenvalue weighted by Crippen LogP contribution is -2.30. The number of rotatable bonds is 8. The van der Waals surface area contributed by atoms with E-state index in [1.165, 1.54) is 11.1 Å². The van der Waals surface area contributed by atoms with Crippen molar-refractivity contribution in [1.82, 2.24) is 9.88 Å². The lowest BCUT2D eigenvalue weighted by atomic mass is 10.0. The smallest absolute Gasteiger partial charge is 0.149 e. The second-order valence-corrected chi connectivity index (χ2v) is 6.46. The van der Waals surface area contributed by atoms with Gasteiger partial charge in [0, 0.05) is 30.3 Å².